The number of furan rings is 2. The van der Waals surface area contributed by atoms with Crippen LogP contribution < -0.4 is 0 Å². The predicted molar refractivity (Wildman–Crippen MR) is 255 cm³/mol. The molecule has 0 atom stereocenters. The summed E-state index contributed by atoms with van der Waals surface area (Å²) in [5.41, 5.74) is 14.0. The van der Waals surface area contributed by atoms with E-state index in [-0.39, 0.29) is 0 Å². The second-order valence-electron chi connectivity index (χ2n) is 15.9. The maximum absolute atomic E-state index is 6.87. The number of fused-ring (bicyclic) bond motifs is 9. The average molecular weight is 778 g/mol. The van der Waals surface area contributed by atoms with Gasteiger partial charge in [0.15, 0.2) is 0 Å². The maximum atomic E-state index is 6.87. The summed E-state index contributed by atoms with van der Waals surface area (Å²) in [7, 11) is 0. The van der Waals surface area contributed by atoms with Gasteiger partial charge in [0.2, 0.25) is 0 Å². The molecular weight excluding hydrogens is 743 g/mol. The molecule has 10 aromatic carbocycles. The van der Waals surface area contributed by atoms with Crippen molar-refractivity contribution < 1.29 is 8.83 Å². The second-order valence-corrected chi connectivity index (χ2v) is 15.9. The highest BCUT2D eigenvalue weighted by Gasteiger charge is 2.25. The Morgan fingerprint density at radius 3 is 1.44 bits per heavy atom. The summed E-state index contributed by atoms with van der Waals surface area (Å²) >= 11 is 0. The lowest BCUT2D eigenvalue weighted by atomic mass is 9.84. The van der Waals surface area contributed by atoms with Crippen LogP contribution in [0.3, 0.4) is 0 Å². The zero-order chi connectivity index (χ0) is 40.0. The van der Waals surface area contributed by atoms with Gasteiger partial charge in [-0.2, -0.15) is 0 Å². The van der Waals surface area contributed by atoms with Gasteiger partial charge in [-0.15, -0.1) is 0 Å². The van der Waals surface area contributed by atoms with E-state index in [0.29, 0.717) is 0 Å². The standard InChI is InChI=1S/C58H35NO2/c1-4-18-36(19-5-1)53-46-34-51-47(35-52(46)61-58(53)37-20-6-2-7-21-37)57-45(30-17-33-50(57)60-51)55-41-26-12-10-24-39(41)54(40-25-11-13-27-42(40)55)44-29-16-32-49-56(44)43-28-14-15-31-48(43)59(49)38-22-8-3-9-23-38/h1-35H. The summed E-state index contributed by atoms with van der Waals surface area (Å²) in [6.07, 6.45) is 0. The van der Waals surface area contributed by atoms with E-state index in [1.54, 1.807) is 0 Å². The summed E-state index contributed by atoms with van der Waals surface area (Å²) in [6, 6.07) is 75.9. The molecule has 0 unspecified atom stereocenters. The number of rotatable bonds is 5. The summed E-state index contributed by atoms with van der Waals surface area (Å²) in [5, 5.41) is 10.4. The van der Waals surface area contributed by atoms with Crippen LogP contribution in [-0.4, -0.2) is 4.57 Å². The Balaban J connectivity index is 1.10. The lowest BCUT2D eigenvalue weighted by Crippen LogP contribution is -1.94. The van der Waals surface area contributed by atoms with Crippen LogP contribution in [-0.2, 0) is 0 Å². The lowest BCUT2D eigenvalue weighted by Gasteiger charge is -2.19. The molecule has 284 valence electrons. The van der Waals surface area contributed by atoms with E-state index in [2.05, 4.69) is 211 Å². The third-order valence-corrected chi connectivity index (χ3v) is 12.6. The smallest absolute Gasteiger partial charge is 0.143 e. The van der Waals surface area contributed by atoms with Crippen molar-refractivity contribution in [1.82, 2.24) is 4.57 Å². The van der Waals surface area contributed by atoms with Crippen molar-refractivity contribution in [3.8, 4) is 50.4 Å². The van der Waals surface area contributed by atoms with Gasteiger partial charge in [0.1, 0.15) is 22.5 Å². The molecule has 0 aliphatic rings. The molecule has 0 spiro atoms. The molecule has 0 saturated heterocycles. The van der Waals surface area contributed by atoms with Gasteiger partial charge in [0.25, 0.3) is 0 Å². The van der Waals surface area contributed by atoms with Crippen LogP contribution in [0, 0.1) is 0 Å². The summed E-state index contributed by atoms with van der Waals surface area (Å²) in [4.78, 5) is 0. The molecule has 0 fully saturated rings. The van der Waals surface area contributed by atoms with Crippen molar-refractivity contribution in [2.45, 2.75) is 0 Å². The van der Waals surface area contributed by atoms with Crippen molar-refractivity contribution in [1.29, 1.82) is 0 Å². The fourth-order valence-electron chi connectivity index (χ4n) is 10.1. The van der Waals surface area contributed by atoms with Crippen molar-refractivity contribution in [3.63, 3.8) is 0 Å². The van der Waals surface area contributed by atoms with E-state index < -0.39 is 0 Å². The summed E-state index contributed by atoms with van der Waals surface area (Å²) in [5.74, 6) is 0.855. The highest BCUT2D eigenvalue weighted by Crippen LogP contribution is 2.50. The topological polar surface area (TPSA) is 31.2 Å². The first-order valence-electron chi connectivity index (χ1n) is 20.8. The Labute approximate surface area is 350 Å². The number of benzene rings is 10. The molecule has 0 amide bonds. The minimum atomic E-state index is 0.829. The third-order valence-electron chi connectivity index (χ3n) is 12.6. The SMILES string of the molecule is c1ccc(-c2oc3cc4c(cc3c2-c2ccccc2)oc2cccc(-c3c5ccccc5c(-c5cccc6c5c5ccccc5n6-c5ccccc5)c5ccccc35)c24)cc1. The van der Waals surface area contributed by atoms with Crippen molar-refractivity contribution in [2.75, 3.05) is 0 Å². The quantitative estimate of drug-likeness (QED) is 0.163. The van der Waals surface area contributed by atoms with Crippen LogP contribution >= 0.6 is 0 Å². The number of aromatic nitrogens is 1. The zero-order valence-electron chi connectivity index (χ0n) is 33.0. The van der Waals surface area contributed by atoms with E-state index in [0.717, 1.165) is 66.6 Å². The largest absolute Gasteiger partial charge is 0.456 e. The molecule has 3 heterocycles. The molecule has 13 aromatic rings. The molecule has 3 aromatic heterocycles. The van der Waals surface area contributed by atoms with Gasteiger partial charge >= 0.3 is 0 Å². The molecular formula is C58H35NO2. The first-order chi connectivity index (χ1) is 30.3. The fourth-order valence-corrected chi connectivity index (χ4v) is 10.1. The molecule has 0 N–H and O–H groups in total. The molecule has 3 heteroatoms. The van der Waals surface area contributed by atoms with Gasteiger partial charge in [-0.05, 0) is 91.8 Å². The average Bonchev–Trinajstić information content (AvgIpc) is 4.00. The summed E-state index contributed by atoms with van der Waals surface area (Å²) in [6.45, 7) is 0. The zero-order valence-corrected chi connectivity index (χ0v) is 33.0. The molecule has 0 aliphatic heterocycles. The molecule has 61 heavy (non-hydrogen) atoms. The Kier molecular flexibility index (Phi) is 7.31. The van der Waals surface area contributed by atoms with Crippen molar-refractivity contribution >= 4 is 76.3 Å². The number of nitrogens with zero attached hydrogens (tertiary/aromatic N) is 1. The lowest BCUT2D eigenvalue weighted by molar-refractivity contribution is 0.632. The van der Waals surface area contributed by atoms with Gasteiger partial charge in [-0.1, -0.05) is 170 Å². The van der Waals surface area contributed by atoms with Crippen molar-refractivity contribution in [2.24, 2.45) is 0 Å². The third kappa shape index (κ3) is 4.98. The number of hydrogen-bond acceptors (Lipinski definition) is 2. The number of hydrogen-bond donors (Lipinski definition) is 0. The molecule has 0 saturated carbocycles. The van der Waals surface area contributed by atoms with Gasteiger partial charge in [0.05, 0.1) is 11.0 Å². The van der Waals surface area contributed by atoms with Gasteiger partial charge in [0, 0.05) is 43.7 Å². The van der Waals surface area contributed by atoms with E-state index in [9.17, 15) is 0 Å². The number of para-hydroxylation sites is 2. The first kappa shape index (κ1) is 33.8. The monoisotopic (exact) mass is 777 g/mol. The molecule has 3 nitrogen and oxygen atoms in total. The Morgan fingerprint density at radius 1 is 0.295 bits per heavy atom. The van der Waals surface area contributed by atoms with Gasteiger partial charge in [-0.3, -0.25) is 0 Å². The van der Waals surface area contributed by atoms with Crippen LogP contribution in [0.1, 0.15) is 0 Å². The van der Waals surface area contributed by atoms with Crippen LogP contribution in [0.15, 0.2) is 221 Å². The first-order valence-corrected chi connectivity index (χ1v) is 20.8. The van der Waals surface area contributed by atoms with Crippen LogP contribution in [0.2, 0.25) is 0 Å². The van der Waals surface area contributed by atoms with Crippen LogP contribution in [0.5, 0.6) is 0 Å². The Bertz CT molecular complexity index is 3800. The predicted octanol–water partition coefficient (Wildman–Crippen LogP) is 16.4. The highest BCUT2D eigenvalue weighted by atomic mass is 16.3. The normalized spacial score (nSPS) is 11.9. The Morgan fingerprint density at radius 2 is 0.787 bits per heavy atom. The molecule has 13 rings (SSSR count). The van der Waals surface area contributed by atoms with Gasteiger partial charge < -0.3 is 13.4 Å². The minimum Gasteiger partial charge on any atom is -0.456 e. The summed E-state index contributed by atoms with van der Waals surface area (Å²) < 4.78 is 16.1. The van der Waals surface area contributed by atoms with E-state index in [4.69, 9.17) is 8.83 Å². The Hall–Kier alpha value is -8.14. The fraction of sp³-hybridized carbons (Fsp3) is 0. The molecule has 0 bridgehead atoms. The second kappa shape index (κ2) is 13.2. The van der Waals surface area contributed by atoms with Crippen molar-refractivity contribution in [3.05, 3.63) is 212 Å². The van der Waals surface area contributed by atoms with Crippen LogP contribution in [0.4, 0.5) is 0 Å². The minimum absolute atomic E-state index is 0.829. The van der Waals surface area contributed by atoms with Crippen LogP contribution in [0.25, 0.3) is 127 Å². The van der Waals surface area contributed by atoms with E-state index >= 15 is 0 Å². The molecule has 0 radical (unpaired) electrons. The maximum Gasteiger partial charge on any atom is 0.143 e. The highest BCUT2D eigenvalue weighted by molar-refractivity contribution is 6.29. The van der Waals surface area contributed by atoms with E-state index in [1.807, 2.05) is 6.07 Å². The van der Waals surface area contributed by atoms with E-state index in [1.165, 1.54) is 60.0 Å². The molecule has 0 aliphatic carbocycles. The van der Waals surface area contributed by atoms with Gasteiger partial charge in [-0.25, -0.2) is 0 Å².